The highest BCUT2D eigenvalue weighted by molar-refractivity contribution is 4.87. The summed E-state index contributed by atoms with van der Waals surface area (Å²) >= 11 is 0. The van der Waals surface area contributed by atoms with Crippen LogP contribution < -0.4 is 0 Å². The lowest BCUT2D eigenvalue weighted by Crippen LogP contribution is -2.05. The van der Waals surface area contributed by atoms with E-state index in [0.717, 1.165) is 35.5 Å². The van der Waals surface area contributed by atoms with Crippen LogP contribution >= 0.6 is 0 Å². The lowest BCUT2D eigenvalue weighted by atomic mass is 9.91. The Bertz CT molecular complexity index is 301. The van der Waals surface area contributed by atoms with Gasteiger partial charge in [-0.25, -0.2) is 0 Å². The molecule has 0 nitrogen and oxygen atoms in total. The van der Waals surface area contributed by atoms with Gasteiger partial charge < -0.3 is 0 Å². The molecule has 0 aromatic heterocycles. The van der Waals surface area contributed by atoms with Crippen molar-refractivity contribution in [2.75, 3.05) is 0 Å². The van der Waals surface area contributed by atoms with Crippen LogP contribution in [0.5, 0.6) is 0 Å². The molecule has 22 heavy (non-hydrogen) atoms. The van der Waals surface area contributed by atoms with Crippen molar-refractivity contribution in [2.24, 2.45) is 35.5 Å². The van der Waals surface area contributed by atoms with Crippen molar-refractivity contribution in [2.45, 2.75) is 92.9 Å². The molecule has 0 aromatic rings. The van der Waals surface area contributed by atoms with Crippen LogP contribution in [0, 0.1) is 35.5 Å². The van der Waals surface area contributed by atoms with E-state index >= 15 is 0 Å². The van der Waals surface area contributed by atoms with E-state index in [-0.39, 0.29) is 0 Å². The Balaban J connectivity index is 1.96. The van der Waals surface area contributed by atoms with Crippen LogP contribution in [0.4, 0.5) is 0 Å². The van der Waals surface area contributed by atoms with Crippen LogP contribution in [0.3, 0.4) is 0 Å². The fourth-order valence-corrected chi connectivity index (χ4v) is 3.94. The summed E-state index contributed by atoms with van der Waals surface area (Å²) in [6.07, 6.45) is 16.3. The first kappa shape index (κ1) is 19.8. The summed E-state index contributed by atoms with van der Waals surface area (Å²) in [6.45, 7) is 14.1. The minimum atomic E-state index is 0.759. The Morgan fingerprint density at radius 2 is 1.68 bits per heavy atom. The Morgan fingerprint density at radius 3 is 2.32 bits per heavy atom. The molecule has 1 saturated carbocycles. The summed E-state index contributed by atoms with van der Waals surface area (Å²) in [5, 5.41) is 0. The van der Waals surface area contributed by atoms with Crippen LogP contribution in [0.25, 0.3) is 0 Å². The Kier molecular flexibility index (Phi) is 9.45. The first-order valence-corrected chi connectivity index (χ1v) is 10.1. The lowest BCUT2D eigenvalue weighted by Gasteiger charge is -2.15. The third kappa shape index (κ3) is 8.39. The molecule has 1 aliphatic carbocycles. The molecular formula is C22H42. The molecule has 0 heteroatoms. The molecule has 0 heterocycles. The van der Waals surface area contributed by atoms with Crippen LogP contribution in [0.2, 0.25) is 0 Å². The largest absolute Gasteiger partial charge is 0.0914 e. The third-order valence-corrected chi connectivity index (χ3v) is 5.95. The molecule has 0 N–H and O–H groups in total. The standard InChI is InChI=1S/C22H42/c1-7-11-18(4)14-19(5)12-9-8-10-13-21-16-22(21)15-20(6)17(2)3/h7,11,17-22H,8-10,12-16H2,1-6H3. The maximum Gasteiger partial charge on any atom is -0.0260 e. The highest BCUT2D eigenvalue weighted by atomic mass is 14.4. The summed E-state index contributed by atoms with van der Waals surface area (Å²) in [5.74, 6) is 5.62. The van der Waals surface area contributed by atoms with Gasteiger partial charge in [0.1, 0.15) is 0 Å². The summed E-state index contributed by atoms with van der Waals surface area (Å²) in [6, 6.07) is 0. The third-order valence-electron chi connectivity index (χ3n) is 5.95. The average molecular weight is 307 g/mol. The molecule has 0 radical (unpaired) electrons. The van der Waals surface area contributed by atoms with E-state index in [1.165, 1.54) is 51.4 Å². The number of hydrogen-bond acceptors (Lipinski definition) is 0. The Hall–Kier alpha value is -0.260. The Labute approximate surface area is 141 Å². The number of allylic oxidation sites excluding steroid dienone is 2. The van der Waals surface area contributed by atoms with Crippen LogP contribution in [0.1, 0.15) is 92.9 Å². The molecule has 0 bridgehead atoms. The van der Waals surface area contributed by atoms with Gasteiger partial charge in [0.25, 0.3) is 0 Å². The lowest BCUT2D eigenvalue weighted by molar-refractivity contribution is 0.360. The number of hydrogen-bond donors (Lipinski definition) is 0. The summed E-state index contributed by atoms with van der Waals surface area (Å²) in [4.78, 5) is 0. The molecule has 0 aliphatic heterocycles. The molecule has 5 unspecified atom stereocenters. The maximum absolute atomic E-state index is 2.44. The van der Waals surface area contributed by atoms with E-state index in [0.29, 0.717) is 0 Å². The van der Waals surface area contributed by atoms with Crippen LogP contribution in [-0.2, 0) is 0 Å². The van der Waals surface area contributed by atoms with E-state index < -0.39 is 0 Å². The minimum Gasteiger partial charge on any atom is -0.0914 e. The molecule has 0 amide bonds. The maximum atomic E-state index is 2.44. The quantitative estimate of drug-likeness (QED) is 0.259. The molecule has 0 spiro atoms. The molecule has 1 fully saturated rings. The monoisotopic (exact) mass is 306 g/mol. The second-order valence-corrected chi connectivity index (χ2v) is 8.69. The molecule has 0 saturated heterocycles. The van der Waals surface area contributed by atoms with Crippen molar-refractivity contribution in [3.05, 3.63) is 12.2 Å². The summed E-state index contributed by atoms with van der Waals surface area (Å²) in [5.41, 5.74) is 0. The van der Waals surface area contributed by atoms with Crippen molar-refractivity contribution in [3.8, 4) is 0 Å². The second kappa shape index (κ2) is 10.5. The fourth-order valence-electron chi connectivity index (χ4n) is 3.94. The van der Waals surface area contributed by atoms with E-state index in [1.54, 1.807) is 0 Å². The zero-order valence-corrected chi connectivity index (χ0v) is 16.3. The summed E-state index contributed by atoms with van der Waals surface area (Å²) in [7, 11) is 0. The highest BCUT2D eigenvalue weighted by Gasteiger charge is 2.37. The average Bonchev–Trinajstić information content (AvgIpc) is 3.16. The predicted octanol–water partition coefficient (Wildman–Crippen LogP) is 7.49. The van der Waals surface area contributed by atoms with Crippen molar-refractivity contribution < 1.29 is 0 Å². The molecule has 1 rings (SSSR count). The van der Waals surface area contributed by atoms with Crippen molar-refractivity contribution in [1.82, 2.24) is 0 Å². The van der Waals surface area contributed by atoms with Gasteiger partial charge in [0.05, 0.1) is 0 Å². The topological polar surface area (TPSA) is 0 Å². The minimum absolute atomic E-state index is 0.759. The molecule has 5 atom stereocenters. The van der Waals surface area contributed by atoms with E-state index in [2.05, 4.69) is 53.7 Å². The van der Waals surface area contributed by atoms with Gasteiger partial charge in [-0.3, -0.25) is 0 Å². The zero-order valence-electron chi connectivity index (χ0n) is 16.3. The van der Waals surface area contributed by atoms with Gasteiger partial charge in [0.15, 0.2) is 0 Å². The van der Waals surface area contributed by atoms with E-state index in [4.69, 9.17) is 0 Å². The fraction of sp³-hybridized carbons (Fsp3) is 0.909. The molecular weight excluding hydrogens is 264 g/mol. The SMILES string of the molecule is CC=CC(C)CC(C)CCCCCC1CC1CC(C)C(C)C. The van der Waals surface area contributed by atoms with E-state index in [9.17, 15) is 0 Å². The van der Waals surface area contributed by atoms with Gasteiger partial charge in [-0.2, -0.15) is 0 Å². The molecule has 0 aromatic carbocycles. The molecule has 130 valence electrons. The van der Waals surface area contributed by atoms with Crippen LogP contribution in [0.15, 0.2) is 12.2 Å². The number of rotatable bonds is 12. The Morgan fingerprint density at radius 1 is 0.955 bits per heavy atom. The summed E-state index contributed by atoms with van der Waals surface area (Å²) < 4.78 is 0. The highest BCUT2D eigenvalue weighted by Crippen LogP contribution is 2.47. The second-order valence-electron chi connectivity index (χ2n) is 8.69. The first-order valence-electron chi connectivity index (χ1n) is 10.1. The number of unbranched alkanes of at least 4 members (excludes halogenated alkanes) is 2. The van der Waals surface area contributed by atoms with Gasteiger partial charge >= 0.3 is 0 Å². The first-order chi connectivity index (χ1) is 10.4. The van der Waals surface area contributed by atoms with Gasteiger partial charge in [-0.1, -0.05) is 78.9 Å². The van der Waals surface area contributed by atoms with Gasteiger partial charge in [-0.15, -0.1) is 0 Å². The molecule has 1 aliphatic rings. The predicted molar refractivity (Wildman–Crippen MR) is 101 cm³/mol. The van der Waals surface area contributed by atoms with Gasteiger partial charge in [0.2, 0.25) is 0 Å². The van der Waals surface area contributed by atoms with Crippen molar-refractivity contribution >= 4 is 0 Å². The van der Waals surface area contributed by atoms with Gasteiger partial charge in [0, 0.05) is 0 Å². The van der Waals surface area contributed by atoms with Crippen molar-refractivity contribution in [3.63, 3.8) is 0 Å². The van der Waals surface area contributed by atoms with Crippen LogP contribution in [-0.4, -0.2) is 0 Å². The smallest absolute Gasteiger partial charge is 0.0260 e. The normalized spacial score (nSPS) is 25.6. The van der Waals surface area contributed by atoms with E-state index in [1.807, 2.05) is 0 Å². The van der Waals surface area contributed by atoms with Crippen molar-refractivity contribution in [1.29, 1.82) is 0 Å². The van der Waals surface area contributed by atoms with Gasteiger partial charge in [-0.05, 0) is 61.7 Å². The zero-order chi connectivity index (χ0) is 16.5.